The van der Waals surface area contributed by atoms with Crippen molar-refractivity contribution in [2.24, 2.45) is 0 Å². The predicted octanol–water partition coefficient (Wildman–Crippen LogP) is 2.62. The van der Waals surface area contributed by atoms with Crippen LogP contribution < -0.4 is 16.0 Å². The van der Waals surface area contributed by atoms with E-state index >= 15 is 0 Å². The normalized spacial score (nSPS) is 9.78. The van der Waals surface area contributed by atoms with Crippen LogP contribution in [-0.2, 0) is 11.2 Å². The Morgan fingerprint density at radius 1 is 1.09 bits per heavy atom. The molecule has 0 aliphatic rings. The Labute approximate surface area is 134 Å². The van der Waals surface area contributed by atoms with E-state index in [2.05, 4.69) is 25.7 Å². The molecule has 1 heterocycles. The summed E-state index contributed by atoms with van der Waals surface area (Å²) in [7, 11) is 1.29. The second-order valence-electron chi connectivity index (χ2n) is 4.69. The Balaban J connectivity index is 1.75. The minimum atomic E-state index is -0.543. The lowest BCUT2D eigenvalue weighted by Crippen LogP contribution is -2.30. The number of benzene rings is 1. The standard InChI is InChI=1S/C16H18N4O3/c1-23-16(22)20-14-6-4-13(5-7-14)19-15(21)18-10-8-12-3-2-9-17-11-12/h2-7,9,11H,8,10H2,1H3,(H,20,22)(H2,18,19,21). The van der Waals surface area contributed by atoms with Crippen LogP contribution in [0.4, 0.5) is 21.0 Å². The topological polar surface area (TPSA) is 92.4 Å². The first-order valence-corrected chi connectivity index (χ1v) is 7.06. The van der Waals surface area contributed by atoms with E-state index in [4.69, 9.17) is 0 Å². The lowest BCUT2D eigenvalue weighted by Gasteiger charge is -2.09. The van der Waals surface area contributed by atoms with Gasteiger partial charge in [0.2, 0.25) is 0 Å². The van der Waals surface area contributed by atoms with E-state index in [1.165, 1.54) is 7.11 Å². The van der Waals surface area contributed by atoms with Gasteiger partial charge in [0.25, 0.3) is 0 Å². The third-order valence-electron chi connectivity index (χ3n) is 3.00. The number of hydrogen-bond acceptors (Lipinski definition) is 4. The maximum absolute atomic E-state index is 11.8. The second-order valence-corrected chi connectivity index (χ2v) is 4.69. The van der Waals surface area contributed by atoms with Gasteiger partial charge >= 0.3 is 12.1 Å². The summed E-state index contributed by atoms with van der Waals surface area (Å²) in [5.41, 5.74) is 2.27. The largest absolute Gasteiger partial charge is 0.453 e. The van der Waals surface area contributed by atoms with Crippen LogP contribution in [0.3, 0.4) is 0 Å². The first-order chi connectivity index (χ1) is 11.2. The summed E-state index contributed by atoms with van der Waals surface area (Å²) in [5.74, 6) is 0. The fourth-order valence-electron chi connectivity index (χ4n) is 1.85. The molecular formula is C16H18N4O3. The molecule has 0 saturated heterocycles. The third kappa shape index (κ3) is 5.66. The van der Waals surface area contributed by atoms with Crippen molar-refractivity contribution in [2.45, 2.75) is 6.42 Å². The van der Waals surface area contributed by atoms with Gasteiger partial charge in [-0.25, -0.2) is 9.59 Å². The molecule has 0 unspecified atom stereocenters. The average molecular weight is 314 g/mol. The number of ether oxygens (including phenoxy) is 1. The minimum absolute atomic E-state index is 0.289. The number of carbonyl (C=O) groups is 2. The van der Waals surface area contributed by atoms with Gasteiger partial charge in [-0.1, -0.05) is 6.07 Å². The van der Waals surface area contributed by atoms with Gasteiger partial charge < -0.3 is 15.4 Å². The van der Waals surface area contributed by atoms with E-state index in [0.29, 0.717) is 24.3 Å². The molecule has 7 nitrogen and oxygen atoms in total. The SMILES string of the molecule is COC(=O)Nc1ccc(NC(=O)NCCc2cccnc2)cc1. The summed E-state index contributed by atoms with van der Waals surface area (Å²) in [4.78, 5) is 26.9. The number of aromatic nitrogens is 1. The van der Waals surface area contributed by atoms with Crippen molar-refractivity contribution >= 4 is 23.5 Å². The van der Waals surface area contributed by atoms with Crippen LogP contribution in [0, 0.1) is 0 Å². The van der Waals surface area contributed by atoms with Gasteiger partial charge in [0.05, 0.1) is 7.11 Å². The number of amides is 3. The van der Waals surface area contributed by atoms with Gasteiger partial charge in [-0.15, -0.1) is 0 Å². The fraction of sp³-hybridized carbons (Fsp3) is 0.188. The van der Waals surface area contributed by atoms with Crippen LogP contribution in [0.15, 0.2) is 48.8 Å². The molecule has 1 aromatic heterocycles. The molecule has 0 fully saturated rings. The Morgan fingerprint density at radius 2 is 1.78 bits per heavy atom. The zero-order valence-electron chi connectivity index (χ0n) is 12.7. The number of rotatable bonds is 5. The molecule has 0 aliphatic heterocycles. The Bertz CT molecular complexity index is 644. The van der Waals surface area contributed by atoms with E-state index < -0.39 is 6.09 Å². The Kier molecular flexibility index (Phi) is 5.93. The summed E-state index contributed by atoms with van der Waals surface area (Å²) in [6.45, 7) is 0.513. The predicted molar refractivity (Wildman–Crippen MR) is 87.4 cm³/mol. The van der Waals surface area contributed by atoms with Crippen LogP contribution in [0.5, 0.6) is 0 Å². The van der Waals surface area contributed by atoms with Gasteiger partial charge in [-0.05, 0) is 42.3 Å². The zero-order chi connectivity index (χ0) is 16.5. The molecule has 0 saturated carbocycles. The molecule has 1 aromatic carbocycles. The molecule has 2 rings (SSSR count). The van der Waals surface area contributed by atoms with Crippen LogP contribution in [-0.4, -0.2) is 30.8 Å². The molecule has 0 aliphatic carbocycles. The van der Waals surface area contributed by atoms with Gasteiger partial charge in [0.1, 0.15) is 0 Å². The molecule has 0 spiro atoms. The highest BCUT2D eigenvalue weighted by Crippen LogP contribution is 2.13. The summed E-state index contributed by atoms with van der Waals surface area (Å²) in [6, 6.07) is 10.2. The van der Waals surface area contributed by atoms with E-state index in [0.717, 1.165) is 5.56 Å². The van der Waals surface area contributed by atoms with Crippen molar-refractivity contribution in [2.75, 3.05) is 24.3 Å². The van der Waals surface area contributed by atoms with E-state index in [-0.39, 0.29) is 6.03 Å². The highest BCUT2D eigenvalue weighted by Gasteiger charge is 2.03. The number of pyridine rings is 1. The van der Waals surface area contributed by atoms with Crippen molar-refractivity contribution in [3.05, 3.63) is 54.4 Å². The molecule has 7 heteroatoms. The zero-order valence-corrected chi connectivity index (χ0v) is 12.7. The molecule has 120 valence electrons. The van der Waals surface area contributed by atoms with Crippen molar-refractivity contribution in [1.29, 1.82) is 0 Å². The van der Waals surface area contributed by atoms with Crippen molar-refractivity contribution in [3.8, 4) is 0 Å². The molecule has 23 heavy (non-hydrogen) atoms. The highest BCUT2D eigenvalue weighted by molar-refractivity contribution is 5.90. The summed E-state index contributed by atoms with van der Waals surface area (Å²) < 4.78 is 4.50. The van der Waals surface area contributed by atoms with Crippen LogP contribution in [0.2, 0.25) is 0 Å². The van der Waals surface area contributed by atoms with Crippen molar-refractivity contribution in [1.82, 2.24) is 10.3 Å². The molecule has 3 N–H and O–H groups in total. The molecule has 3 amide bonds. The number of nitrogens with one attached hydrogen (secondary N) is 3. The first kappa shape index (κ1) is 16.3. The van der Waals surface area contributed by atoms with Crippen LogP contribution >= 0.6 is 0 Å². The molecule has 2 aromatic rings. The second kappa shape index (κ2) is 8.38. The quantitative estimate of drug-likeness (QED) is 0.791. The smallest absolute Gasteiger partial charge is 0.411 e. The van der Waals surface area contributed by atoms with E-state index in [9.17, 15) is 9.59 Å². The number of anilines is 2. The van der Waals surface area contributed by atoms with Crippen molar-refractivity contribution < 1.29 is 14.3 Å². The fourth-order valence-corrected chi connectivity index (χ4v) is 1.85. The maximum Gasteiger partial charge on any atom is 0.411 e. The summed E-state index contributed by atoms with van der Waals surface area (Å²) in [5, 5.41) is 8.01. The lowest BCUT2D eigenvalue weighted by atomic mass is 10.2. The van der Waals surface area contributed by atoms with Crippen molar-refractivity contribution in [3.63, 3.8) is 0 Å². The highest BCUT2D eigenvalue weighted by atomic mass is 16.5. The number of urea groups is 1. The van der Waals surface area contributed by atoms with Crippen LogP contribution in [0.25, 0.3) is 0 Å². The summed E-state index contributed by atoms with van der Waals surface area (Å²) in [6.07, 6.45) is 3.65. The van der Waals surface area contributed by atoms with E-state index in [1.807, 2.05) is 12.1 Å². The minimum Gasteiger partial charge on any atom is -0.453 e. The number of methoxy groups -OCH3 is 1. The summed E-state index contributed by atoms with van der Waals surface area (Å²) >= 11 is 0. The molecular weight excluding hydrogens is 296 g/mol. The monoisotopic (exact) mass is 314 g/mol. The molecule has 0 radical (unpaired) electrons. The number of hydrogen-bond donors (Lipinski definition) is 3. The average Bonchev–Trinajstić information content (AvgIpc) is 2.57. The van der Waals surface area contributed by atoms with Crippen LogP contribution in [0.1, 0.15) is 5.56 Å². The van der Waals surface area contributed by atoms with Gasteiger partial charge in [-0.2, -0.15) is 0 Å². The van der Waals surface area contributed by atoms with E-state index in [1.54, 1.807) is 36.7 Å². The maximum atomic E-state index is 11.8. The number of nitrogens with zero attached hydrogens (tertiary/aromatic N) is 1. The molecule has 0 atom stereocenters. The van der Waals surface area contributed by atoms with Gasteiger partial charge in [0.15, 0.2) is 0 Å². The Hall–Kier alpha value is -3.09. The van der Waals surface area contributed by atoms with Gasteiger partial charge in [0, 0.05) is 30.3 Å². The third-order valence-corrected chi connectivity index (χ3v) is 3.00. The number of carbonyl (C=O) groups excluding carboxylic acids is 2. The first-order valence-electron chi connectivity index (χ1n) is 7.06. The lowest BCUT2D eigenvalue weighted by molar-refractivity contribution is 0.187. The van der Waals surface area contributed by atoms with Gasteiger partial charge in [-0.3, -0.25) is 10.3 Å². The molecule has 0 bridgehead atoms. The Morgan fingerprint density at radius 3 is 2.39 bits per heavy atom.